The molecule has 0 aliphatic rings. The van der Waals surface area contributed by atoms with Crippen LogP contribution in [0.5, 0.6) is 0 Å². The van der Waals surface area contributed by atoms with Crippen LogP contribution in [0.2, 0.25) is 0 Å². The van der Waals surface area contributed by atoms with E-state index >= 15 is 0 Å². The average molecular weight is 559 g/mol. The van der Waals surface area contributed by atoms with Gasteiger partial charge in [-0.3, -0.25) is 0 Å². The van der Waals surface area contributed by atoms with Crippen molar-refractivity contribution in [2.75, 3.05) is 7.11 Å². The van der Waals surface area contributed by atoms with Crippen LogP contribution in [-0.2, 0) is 17.1 Å². The quantitative estimate of drug-likeness (QED) is 0.269. The predicted octanol–water partition coefficient (Wildman–Crippen LogP) is 2.99. The van der Waals surface area contributed by atoms with Crippen LogP contribution in [0.15, 0.2) is 109 Å². The van der Waals surface area contributed by atoms with Crippen molar-refractivity contribution >= 4 is 29.1 Å². The lowest BCUT2D eigenvalue weighted by Gasteiger charge is -2.28. The lowest BCUT2D eigenvalue weighted by molar-refractivity contribution is -0.138. The molecule has 35 heavy (non-hydrogen) atoms. The maximum absolute atomic E-state index is 13.6. The topological polar surface area (TPSA) is 26.3 Å². The molecule has 180 valence electrons. The molecule has 0 amide bonds. The molecule has 2 nitrogen and oxygen atoms in total. The molecule has 0 fully saturated rings. The van der Waals surface area contributed by atoms with E-state index in [1.807, 2.05) is 54.6 Å². The SMILES string of the molecule is COC(=O)c1cc(C[P+](c2ccccc2)(c2ccccc2)c2ccccc2)ccc1C(F)(F)F.[Br-]. The lowest BCUT2D eigenvalue weighted by atomic mass is 10.0. The number of carbonyl (C=O) groups excluding carboxylic acids is 1. The van der Waals surface area contributed by atoms with Gasteiger partial charge in [-0.05, 0) is 54.1 Å². The molecule has 0 saturated heterocycles. The van der Waals surface area contributed by atoms with Crippen LogP contribution in [0, 0.1) is 0 Å². The van der Waals surface area contributed by atoms with E-state index in [1.54, 1.807) is 0 Å². The summed E-state index contributed by atoms with van der Waals surface area (Å²) < 4.78 is 45.5. The first-order chi connectivity index (χ1) is 16.4. The fraction of sp³-hybridized carbons (Fsp3) is 0.107. The van der Waals surface area contributed by atoms with Crippen molar-refractivity contribution in [3.63, 3.8) is 0 Å². The summed E-state index contributed by atoms with van der Waals surface area (Å²) in [6.07, 6.45) is -4.21. The number of hydrogen-bond acceptors (Lipinski definition) is 2. The summed E-state index contributed by atoms with van der Waals surface area (Å²) in [4.78, 5) is 12.3. The normalized spacial score (nSPS) is 11.4. The zero-order valence-electron chi connectivity index (χ0n) is 18.9. The molecule has 7 heteroatoms. The van der Waals surface area contributed by atoms with Crippen LogP contribution in [0.25, 0.3) is 0 Å². The fourth-order valence-corrected chi connectivity index (χ4v) is 8.49. The Bertz CT molecular complexity index is 1170. The minimum atomic E-state index is -4.66. The van der Waals surface area contributed by atoms with Crippen LogP contribution in [-0.4, -0.2) is 13.1 Å². The van der Waals surface area contributed by atoms with Gasteiger partial charge in [0.1, 0.15) is 23.2 Å². The second-order valence-electron chi connectivity index (χ2n) is 7.84. The molecule has 0 atom stereocenters. The van der Waals surface area contributed by atoms with E-state index in [0.29, 0.717) is 11.7 Å². The van der Waals surface area contributed by atoms with Crippen molar-refractivity contribution in [1.82, 2.24) is 0 Å². The van der Waals surface area contributed by atoms with E-state index in [2.05, 4.69) is 41.1 Å². The predicted molar refractivity (Wildman–Crippen MR) is 132 cm³/mol. The minimum absolute atomic E-state index is 0. The van der Waals surface area contributed by atoms with Gasteiger partial charge in [0, 0.05) is 0 Å². The Balaban J connectivity index is 0.00000342. The van der Waals surface area contributed by atoms with Gasteiger partial charge in [-0.25, -0.2) is 4.79 Å². The zero-order chi connectivity index (χ0) is 24.2. The maximum atomic E-state index is 13.6. The molecule has 0 heterocycles. The van der Waals surface area contributed by atoms with Crippen LogP contribution in [0.1, 0.15) is 21.5 Å². The summed E-state index contributed by atoms with van der Waals surface area (Å²) in [6.45, 7) is 0. The molecule has 4 aromatic carbocycles. The molecule has 0 unspecified atom stereocenters. The Morgan fingerprint density at radius 2 is 1.17 bits per heavy atom. The van der Waals surface area contributed by atoms with Crippen molar-refractivity contribution in [2.24, 2.45) is 0 Å². The number of rotatable bonds is 6. The minimum Gasteiger partial charge on any atom is -1.00 e. The molecule has 0 aliphatic carbocycles. The van der Waals surface area contributed by atoms with Crippen LogP contribution < -0.4 is 32.9 Å². The third kappa shape index (κ3) is 5.50. The molecule has 0 aliphatic heterocycles. The molecule has 0 saturated carbocycles. The van der Waals surface area contributed by atoms with Gasteiger partial charge >= 0.3 is 12.1 Å². The summed E-state index contributed by atoms with van der Waals surface area (Å²) in [5.41, 5.74) is -0.829. The maximum Gasteiger partial charge on any atom is 0.417 e. The number of carbonyl (C=O) groups is 1. The summed E-state index contributed by atoms with van der Waals surface area (Å²) in [5, 5.41) is 3.31. The van der Waals surface area contributed by atoms with E-state index in [4.69, 9.17) is 0 Å². The number of esters is 1. The Morgan fingerprint density at radius 3 is 1.54 bits per heavy atom. The largest absolute Gasteiger partial charge is 1.00 e. The van der Waals surface area contributed by atoms with Gasteiger partial charge in [0.25, 0.3) is 0 Å². The molecular formula is C28H23BrF3O2P. The van der Waals surface area contributed by atoms with E-state index in [1.165, 1.54) is 12.1 Å². The van der Waals surface area contributed by atoms with Crippen molar-refractivity contribution in [1.29, 1.82) is 0 Å². The van der Waals surface area contributed by atoms with Crippen LogP contribution >= 0.6 is 7.26 Å². The number of alkyl halides is 3. The highest BCUT2D eigenvalue weighted by atomic mass is 79.9. The van der Waals surface area contributed by atoms with Crippen molar-refractivity contribution in [2.45, 2.75) is 12.3 Å². The lowest BCUT2D eigenvalue weighted by Crippen LogP contribution is -3.00. The zero-order valence-corrected chi connectivity index (χ0v) is 21.4. The van der Waals surface area contributed by atoms with Crippen LogP contribution in [0.4, 0.5) is 13.2 Å². The van der Waals surface area contributed by atoms with Gasteiger partial charge in [0.05, 0.1) is 24.4 Å². The van der Waals surface area contributed by atoms with E-state index < -0.39 is 30.5 Å². The molecule has 0 spiro atoms. The van der Waals surface area contributed by atoms with Crippen molar-refractivity contribution in [3.05, 3.63) is 126 Å². The first-order valence-corrected chi connectivity index (χ1v) is 12.7. The smallest absolute Gasteiger partial charge is 0.417 e. The van der Waals surface area contributed by atoms with Gasteiger partial charge in [0.15, 0.2) is 0 Å². The summed E-state index contributed by atoms with van der Waals surface area (Å²) in [5.74, 6) is -1.00. The molecule has 4 rings (SSSR count). The molecule has 0 radical (unpaired) electrons. The van der Waals surface area contributed by atoms with Gasteiger partial charge in [-0.1, -0.05) is 60.7 Å². The molecule has 0 bridgehead atoms. The number of halogens is 4. The Labute approximate surface area is 213 Å². The first-order valence-electron chi connectivity index (χ1n) is 10.7. The average Bonchev–Trinajstić information content (AvgIpc) is 2.87. The number of ether oxygens (including phenoxy) is 1. The summed E-state index contributed by atoms with van der Waals surface area (Å²) in [6, 6.07) is 33.9. The Morgan fingerprint density at radius 1 is 0.743 bits per heavy atom. The van der Waals surface area contributed by atoms with Crippen molar-refractivity contribution < 1.29 is 39.7 Å². The van der Waals surface area contributed by atoms with E-state index in [9.17, 15) is 18.0 Å². The van der Waals surface area contributed by atoms with E-state index in [-0.39, 0.29) is 17.0 Å². The van der Waals surface area contributed by atoms with Gasteiger partial charge in [-0.15, -0.1) is 0 Å². The van der Waals surface area contributed by atoms with Gasteiger partial charge < -0.3 is 21.7 Å². The highest BCUT2D eigenvalue weighted by molar-refractivity contribution is 7.95. The molecular weight excluding hydrogens is 536 g/mol. The standard InChI is InChI=1S/C28H23F3O2P.BrH/c1-33-27(32)25-19-21(17-18-26(25)28(29,30)31)20-34(22-11-5-2-6-12-22,23-13-7-3-8-14-23)24-15-9-4-10-16-24;/h2-19H,20H2,1H3;1H/q+1;/p-1. The third-order valence-electron chi connectivity index (χ3n) is 5.81. The second kappa shape index (κ2) is 11.2. The number of benzene rings is 4. The molecule has 4 aromatic rings. The summed E-state index contributed by atoms with van der Waals surface area (Å²) >= 11 is 0. The van der Waals surface area contributed by atoms with Gasteiger partial charge in [0.2, 0.25) is 0 Å². The molecule has 0 N–H and O–H groups in total. The third-order valence-corrected chi connectivity index (χ3v) is 10.2. The first kappa shape index (κ1) is 26.7. The second-order valence-corrected chi connectivity index (χ2v) is 11.3. The molecule has 0 aromatic heterocycles. The highest BCUT2D eigenvalue weighted by Crippen LogP contribution is 2.58. The van der Waals surface area contributed by atoms with Gasteiger partial charge in [-0.2, -0.15) is 13.2 Å². The fourth-order valence-electron chi connectivity index (χ4n) is 4.26. The van der Waals surface area contributed by atoms with Crippen LogP contribution in [0.3, 0.4) is 0 Å². The number of methoxy groups -OCH3 is 1. The van der Waals surface area contributed by atoms with Crippen molar-refractivity contribution in [3.8, 4) is 0 Å². The monoisotopic (exact) mass is 558 g/mol. The Hall–Kier alpha value is -2.95. The Kier molecular flexibility index (Phi) is 8.52. The highest BCUT2D eigenvalue weighted by Gasteiger charge is 2.46. The summed E-state index contributed by atoms with van der Waals surface area (Å²) in [7, 11) is -1.24. The van der Waals surface area contributed by atoms with E-state index in [0.717, 1.165) is 29.1 Å². The number of hydrogen-bond donors (Lipinski definition) is 0.